The highest BCUT2D eigenvalue weighted by molar-refractivity contribution is 6.30. The lowest BCUT2D eigenvalue weighted by atomic mass is 9.96. The molecule has 0 fully saturated rings. The summed E-state index contributed by atoms with van der Waals surface area (Å²) in [6.45, 7) is 1.96. The summed E-state index contributed by atoms with van der Waals surface area (Å²) in [4.78, 5) is 11.4. The van der Waals surface area contributed by atoms with E-state index in [0.717, 1.165) is 11.1 Å². The quantitative estimate of drug-likeness (QED) is 0.908. The highest BCUT2D eigenvalue weighted by Gasteiger charge is 2.22. The van der Waals surface area contributed by atoms with E-state index in [1.165, 1.54) is 0 Å². The van der Waals surface area contributed by atoms with Gasteiger partial charge in [-0.3, -0.25) is 4.79 Å². The number of aliphatic carboxylic acids is 1. The lowest BCUT2D eigenvalue weighted by Gasteiger charge is -2.16. The summed E-state index contributed by atoms with van der Waals surface area (Å²) in [7, 11) is 0. The van der Waals surface area contributed by atoms with E-state index in [4.69, 9.17) is 16.3 Å². The maximum Gasteiger partial charge on any atom is 0.314 e. The smallest absolute Gasteiger partial charge is 0.314 e. The van der Waals surface area contributed by atoms with Crippen LogP contribution in [-0.2, 0) is 4.79 Å². The van der Waals surface area contributed by atoms with E-state index in [1.807, 2.05) is 31.2 Å². The Morgan fingerprint density at radius 2 is 2.00 bits per heavy atom. The normalized spacial score (nSPS) is 11.9. The highest BCUT2D eigenvalue weighted by atomic mass is 35.5. The molecule has 0 radical (unpaired) electrons. The van der Waals surface area contributed by atoms with Crippen molar-refractivity contribution in [3.8, 4) is 5.75 Å². The van der Waals surface area contributed by atoms with Crippen molar-refractivity contribution in [2.24, 2.45) is 0 Å². The molecule has 0 aromatic heterocycles. The number of halogens is 1. The van der Waals surface area contributed by atoms with Gasteiger partial charge in [0.1, 0.15) is 18.3 Å². The molecule has 0 aliphatic carbocycles. The van der Waals surface area contributed by atoms with Gasteiger partial charge in [-0.2, -0.15) is 0 Å². The van der Waals surface area contributed by atoms with E-state index < -0.39 is 11.9 Å². The zero-order valence-corrected chi connectivity index (χ0v) is 11.8. The Morgan fingerprint density at radius 3 is 2.65 bits per heavy atom. The topological polar surface area (TPSA) is 46.5 Å². The largest absolute Gasteiger partial charge is 0.492 e. The van der Waals surface area contributed by atoms with E-state index in [9.17, 15) is 9.90 Å². The van der Waals surface area contributed by atoms with Gasteiger partial charge in [0.05, 0.1) is 0 Å². The summed E-state index contributed by atoms with van der Waals surface area (Å²) >= 11 is 5.87. The monoisotopic (exact) mass is 290 g/mol. The number of aryl methyl sites for hydroxylation is 1. The third-order valence-electron chi connectivity index (χ3n) is 3.07. The summed E-state index contributed by atoms with van der Waals surface area (Å²) < 4.78 is 5.55. The van der Waals surface area contributed by atoms with Crippen LogP contribution in [0.3, 0.4) is 0 Å². The van der Waals surface area contributed by atoms with Crippen molar-refractivity contribution < 1.29 is 14.6 Å². The first-order valence-corrected chi connectivity index (χ1v) is 6.62. The van der Waals surface area contributed by atoms with Crippen LogP contribution in [0.1, 0.15) is 17.0 Å². The van der Waals surface area contributed by atoms with Gasteiger partial charge in [0.2, 0.25) is 0 Å². The molecule has 0 amide bonds. The molecule has 2 aromatic rings. The molecular formula is C16H15ClO3. The molecule has 1 unspecified atom stereocenters. The maximum absolute atomic E-state index is 11.4. The third-order valence-corrected chi connectivity index (χ3v) is 3.31. The van der Waals surface area contributed by atoms with E-state index in [-0.39, 0.29) is 6.61 Å². The molecule has 2 rings (SSSR count). The Kier molecular flexibility index (Phi) is 4.64. The molecule has 104 valence electrons. The van der Waals surface area contributed by atoms with Gasteiger partial charge in [-0.05, 0) is 36.2 Å². The van der Waals surface area contributed by atoms with Gasteiger partial charge in [-0.1, -0.05) is 41.9 Å². The zero-order chi connectivity index (χ0) is 14.5. The fourth-order valence-electron chi connectivity index (χ4n) is 2.01. The molecule has 2 aromatic carbocycles. The van der Waals surface area contributed by atoms with Crippen LogP contribution < -0.4 is 4.74 Å². The number of rotatable bonds is 5. The molecule has 0 aliphatic heterocycles. The number of carboxylic acid groups (broad SMARTS) is 1. The summed E-state index contributed by atoms with van der Waals surface area (Å²) in [5.74, 6) is -1.03. The highest BCUT2D eigenvalue weighted by Crippen LogP contribution is 2.23. The van der Waals surface area contributed by atoms with Crippen LogP contribution in [0.4, 0.5) is 0 Å². The average Bonchev–Trinajstić information content (AvgIpc) is 2.40. The molecule has 0 heterocycles. The first-order valence-electron chi connectivity index (χ1n) is 6.24. The standard InChI is InChI=1S/C16H15ClO3/c1-11-5-2-3-8-14(11)15(16(18)19)10-20-13-7-4-6-12(17)9-13/h2-9,15H,10H2,1H3,(H,18,19). The van der Waals surface area contributed by atoms with E-state index in [0.29, 0.717) is 10.8 Å². The molecule has 4 heteroatoms. The van der Waals surface area contributed by atoms with Gasteiger partial charge in [0.25, 0.3) is 0 Å². The molecule has 0 aliphatic rings. The zero-order valence-electron chi connectivity index (χ0n) is 11.0. The molecule has 20 heavy (non-hydrogen) atoms. The van der Waals surface area contributed by atoms with Crippen molar-refractivity contribution in [1.82, 2.24) is 0 Å². The van der Waals surface area contributed by atoms with Gasteiger partial charge in [-0.15, -0.1) is 0 Å². The van der Waals surface area contributed by atoms with Crippen molar-refractivity contribution in [2.75, 3.05) is 6.61 Å². The summed E-state index contributed by atoms with van der Waals surface area (Å²) in [5.41, 5.74) is 1.71. The lowest BCUT2D eigenvalue weighted by Crippen LogP contribution is -2.20. The Morgan fingerprint density at radius 1 is 1.25 bits per heavy atom. The van der Waals surface area contributed by atoms with Crippen LogP contribution in [0.2, 0.25) is 5.02 Å². The summed E-state index contributed by atoms with van der Waals surface area (Å²) in [6, 6.07) is 14.3. The predicted octanol–water partition coefficient (Wildman–Crippen LogP) is 3.90. The SMILES string of the molecule is Cc1ccccc1C(COc1cccc(Cl)c1)C(=O)O. The second-order valence-electron chi connectivity index (χ2n) is 4.52. The minimum Gasteiger partial charge on any atom is -0.492 e. The van der Waals surface area contributed by atoms with Crippen LogP contribution in [0.15, 0.2) is 48.5 Å². The van der Waals surface area contributed by atoms with Crippen molar-refractivity contribution in [1.29, 1.82) is 0 Å². The Hall–Kier alpha value is -2.00. The van der Waals surface area contributed by atoms with E-state index >= 15 is 0 Å². The molecule has 0 saturated carbocycles. The van der Waals surface area contributed by atoms with E-state index in [2.05, 4.69) is 0 Å². The second-order valence-corrected chi connectivity index (χ2v) is 4.95. The van der Waals surface area contributed by atoms with Crippen molar-refractivity contribution in [2.45, 2.75) is 12.8 Å². The predicted molar refractivity (Wildman–Crippen MR) is 78.5 cm³/mol. The number of hydrogen-bond acceptors (Lipinski definition) is 2. The molecule has 0 spiro atoms. The number of carboxylic acids is 1. The van der Waals surface area contributed by atoms with Crippen molar-refractivity contribution >= 4 is 17.6 Å². The minimum atomic E-state index is -0.902. The fourth-order valence-corrected chi connectivity index (χ4v) is 2.19. The van der Waals surface area contributed by atoms with Gasteiger partial charge in [0.15, 0.2) is 0 Å². The molecular weight excluding hydrogens is 276 g/mol. The van der Waals surface area contributed by atoms with Gasteiger partial charge in [0, 0.05) is 5.02 Å². The third kappa shape index (κ3) is 3.52. The Bertz CT molecular complexity index is 610. The molecule has 0 saturated heterocycles. The Labute approximate surface area is 122 Å². The first kappa shape index (κ1) is 14.4. The average molecular weight is 291 g/mol. The van der Waals surface area contributed by atoms with Crippen molar-refractivity contribution in [3.05, 3.63) is 64.7 Å². The molecule has 0 bridgehead atoms. The number of ether oxygens (including phenoxy) is 1. The molecule has 3 nitrogen and oxygen atoms in total. The van der Waals surface area contributed by atoms with Crippen molar-refractivity contribution in [3.63, 3.8) is 0 Å². The summed E-state index contributed by atoms with van der Waals surface area (Å²) in [5, 5.41) is 9.94. The maximum atomic E-state index is 11.4. The number of hydrogen-bond donors (Lipinski definition) is 1. The lowest BCUT2D eigenvalue weighted by molar-refractivity contribution is -0.139. The van der Waals surface area contributed by atoms with Crippen LogP contribution in [0, 0.1) is 6.92 Å². The van der Waals surface area contributed by atoms with Crippen LogP contribution in [0.25, 0.3) is 0 Å². The van der Waals surface area contributed by atoms with Gasteiger partial charge >= 0.3 is 5.97 Å². The first-order chi connectivity index (χ1) is 9.58. The van der Waals surface area contributed by atoms with Crippen LogP contribution in [-0.4, -0.2) is 17.7 Å². The summed E-state index contributed by atoms with van der Waals surface area (Å²) in [6.07, 6.45) is 0. The Balaban J connectivity index is 2.15. The second kappa shape index (κ2) is 6.44. The fraction of sp³-hybridized carbons (Fsp3) is 0.188. The minimum absolute atomic E-state index is 0.0700. The van der Waals surface area contributed by atoms with Gasteiger partial charge in [-0.25, -0.2) is 0 Å². The number of carbonyl (C=O) groups is 1. The van der Waals surface area contributed by atoms with E-state index in [1.54, 1.807) is 24.3 Å². The molecule has 1 atom stereocenters. The van der Waals surface area contributed by atoms with Gasteiger partial charge < -0.3 is 9.84 Å². The van der Waals surface area contributed by atoms with Crippen LogP contribution in [0.5, 0.6) is 5.75 Å². The molecule has 1 N–H and O–H groups in total. The number of benzene rings is 2. The van der Waals surface area contributed by atoms with Crippen LogP contribution >= 0.6 is 11.6 Å².